The van der Waals surface area contributed by atoms with Gasteiger partial charge < -0.3 is 19.6 Å². The number of carboxylic acid groups (broad SMARTS) is 1. The Balaban J connectivity index is 1.93. The minimum atomic E-state index is -1.21. The molecule has 0 radical (unpaired) electrons. The first-order chi connectivity index (χ1) is 13.3. The van der Waals surface area contributed by atoms with Gasteiger partial charge in [0, 0.05) is 23.1 Å². The number of carbonyl (C=O) groups is 2. The molecule has 7 nitrogen and oxygen atoms in total. The molecule has 0 fully saturated rings. The van der Waals surface area contributed by atoms with Gasteiger partial charge in [-0.15, -0.1) is 0 Å². The van der Waals surface area contributed by atoms with Crippen LogP contribution in [-0.2, 0) is 4.79 Å². The Labute approximate surface area is 160 Å². The van der Waals surface area contributed by atoms with E-state index >= 15 is 0 Å². The molecule has 1 unspecified atom stereocenters. The molecule has 0 saturated carbocycles. The van der Waals surface area contributed by atoms with Gasteiger partial charge in [-0.1, -0.05) is 30.3 Å². The molecule has 3 aromatic rings. The maximum atomic E-state index is 12.2. The van der Waals surface area contributed by atoms with Gasteiger partial charge in [0.25, 0.3) is 5.91 Å². The Morgan fingerprint density at radius 2 is 1.79 bits per heavy atom. The van der Waals surface area contributed by atoms with Crippen molar-refractivity contribution in [1.82, 2.24) is 5.32 Å². The standard InChI is InChI=1S/C21H19NO6/c1-12(2)22-19(23)16-10-14-8-9-15(11-17(14)28-21(16)26)27-18(20(24)25)13-6-4-3-5-7-13/h3-12,18H,1-2H3,(H,22,23)(H,24,25). The average molecular weight is 381 g/mol. The predicted molar refractivity (Wildman–Crippen MR) is 103 cm³/mol. The van der Waals surface area contributed by atoms with Crippen LogP contribution in [0, 0.1) is 0 Å². The summed E-state index contributed by atoms with van der Waals surface area (Å²) in [6.07, 6.45) is -1.21. The Hall–Kier alpha value is -3.61. The number of carboxylic acids is 1. The zero-order chi connectivity index (χ0) is 20.3. The second-order valence-corrected chi connectivity index (χ2v) is 6.52. The Bertz CT molecular complexity index is 1070. The van der Waals surface area contributed by atoms with Gasteiger partial charge in [0.1, 0.15) is 16.9 Å². The monoisotopic (exact) mass is 381 g/mol. The Kier molecular flexibility index (Phi) is 5.44. The predicted octanol–water partition coefficient (Wildman–Crippen LogP) is 3.14. The van der Waals surface area contributed by atoms with E-state index in [9.17, 15) is 19.5 Å². The number of benzene rings is 2. The highest BCUT2D eigenvalue weighted by Crippen LogP contribution is 2.26. The van der Waals surface area contributed by atoms with Crippen molar-refractivity contribution < 1.29 is 23.8 Å². The van der Waals surface area contributed by atoms with Crippen LogP contribution < -0.4 is 15.7 Å². The van der Waals surface area contributed by atoms with E-state index in [-0.39, 0.29) is 22.9 Å². The van der Waals surface area contributed by atoms with Crippen LogP contribution >= 0.6 is 0 Å². The minimum Gasteiger partial charge on any atom is -0.478 e. The number of rotatable bonds is 6. The molecule has 2 aromatic carbocycles. The Morgan fingerprint density at radius 1 is 1.07 bits per heavy atom. The lowest BCUT2D eigenvalue weighted by molar-refractivity contribution is -0.145. The zero-order valence-electron chi connectivity index (χ0n) is 15.3. The van der Waals surface area contributed by atoms with Gasteiger partial charge in [-0.3, -0.25) is 4.79 Å². The van der Waals surface area contributed by atoms with Gasteiger partial charge in [0.05, 0.1) is 0 Å². The molecule has 0 bridgehead atoms. The van der Waals surface area contributed by atoms with Crippen molar-refractivity contribution in [2.75, 3.05) is 0 Å². The van der Waals surface area contributed by atoms with Crippen LogP contribution in [0.1, 0.15) is 35.9 Å². The molecule has 0 spiro atoms. The topological polar surface area (TPSA) is 106 Å². The number of aliphatic carboxylic acids is 1. The largest absolute Gasteiger partial charge is 0.478 e. The SMILES string of the molecule is CC(C)NC(=O)c1cc2ccc(OC(C(=O)O)c3ccccc3)cc2oc1=O. The van der Waals surface area contributed by atoms with Gasteiger partial charge in [-0.05, 0) is 32.0 Å². The van der Waals surface area contributed by atoms with Crippen LogP contribution in [0.4, 0.5) is 0 Å². The number of amides is 1. The van der Waals surface area contributed by atoms with E-state index in [4.69, 9.17) is 9.15 Å². The molecule has 0 saturated heterocycles. The third kappa shape index (κ3) is 4.20. The van der Waals surface area contributed by atoms with E-state index in [1.807, 2.05) is 0 Å². The highest BCUT2D eigenvalue weighted by molar-refractivity contribution is 5.96. The second-order valence-electron chi connectivity index (χ2n) is 6.52. The van der Waals surface area contributed by atoms with Gasteiger partial charge in [-0.25, -0.2) is 9.59 Å². The van der Waals surface area contributed by atoms with Gasteiger partial charge >= 0.3 is 11.6 Å². The molecule has 7 heteroatoms. The van der Waals surface area contributed by atoms with Crippen LogP contribution in [0.5, 0.6) is 5.75 Å². The van der Waals surface area contributed by atoms with E-state index < -0.39 is 23.6 Å². The molecule has 3 rings (SSSR count). The first kappa shape index (κ1) is 19.2. The normalized spacial score (nSPS) is 12.0. The van der Waals surface area contributed by atoms with E-state index in [1.165, 1.54) is 12.1 Å². The highest BCUT2D eigenvalue weighted by atomic mass is 16.5. The van der Waals surface area contributed by atoms with Crippen molar-refractivity contribution in [3.63, 3.8) is 0 Å². The first-order valence-electron chi connectivity index (χ1n) is 8.68. The van der Waals surface area contributed by atoms with Gasteiger partial charge in [-0.2, -0.15) is 0 Å². The summed E-state index contributed by atoms with van der Waals surface area (Å²) in [4.78, 5) is 35.8. The first-order valence-corrected chi connectivity index (χ1v) is 8.68. The fourth-order valence-corrected chi connectivity index (χ4v) is 2.69. The molecule has 2 N–H and O–H groups in total. The van der Waals surface area contributed by atoms with Crippen molar-refractivity contribution in [3.8, 4) is 5.75 Å². The molecule has 0 aliphatic heterocycles. The molecule has 0 aliphatic carbocycles. The molecule has 1 heterocycles. The summed E-state index contributed by atoms with van der Waals surface area (Å²) in [5.74, 6) is -1.43. The summed E-state index contributed by atoms with van der Waals surface area (Å²) in [6, 6.07) is 14.4. The fraction of sp³-hybridized carbons (Fsp3) is 0.190. The lowest BCUT2D eigenvalue weighted by Crippen LogP contribution is -2.33. The molecule has 1 atom stereocenters. The van der Waals surface area contributed by atoms with Crippen molar-refractivity contribution in [1.29, 1.82) is 0 Å². The van der Waals surface area contributed by atoms with Crippen molar-refractivity contribution >= 4 is 22.8 Å². The lowest BCUT2D eigenvalue weighted by atomic mass is 10.1. The van der Waals surface area contributed by atoms with Crippen LogP contribution in [-0.4, -0.2) is 23.0 Å². The third-order valence-electron chi connectivity index (χ3n) is 3.95. The summed E-state index contributed by atoms with van der Waals surface area (Å²) in [5.41, 5.74) is -0.193. The number of hydrogen-bond acceptors (Lipinski definition) is 5. The number of hydrogen-bond donors (Lipinski definition) is 2. The summed E-state index contributed by atoms with van der Waals surface area (Å²) < 4.78 is 10.8. The molecule has 28 heavy (non-hydrogen) atoms. The quantitative estimate of drug-likeness (QED) is 0.636. The van der Waals surface area contributed by atoms with E-state index in [0.29, 0.717) is 10.9 Å². The van der Waals surface area contributed by atoms with Crippen molar-refractivity contribution in [3.05, 3.63) is 76.1 Å². The smallest absolute Gasteiger partial charge is 0.349 e. The lowest BCUT2D eigenvalue weighted by Gasteiger charge is -2.15. The van der Waals surface area contributed by atoms with E-state index in [0.717, 1.165) is 0 Å². The summed E-state index contributed by atoms with van der Waals surface area (Å²) in [7, 11) is 0. The van der Waals surface area contributed by atoms with Crippen LogP contribution in [0.3, 0.4) is 0 Å². The molecule has 1 amide bonds. The molecular formula is C21H19NO6. The maximum absolute atomic E-state index is 12.2. The Morgan fingerprint density at radius 3 is 2.43 bits per heavy atom. The zero-order valence-corrected chi connectivity index (χ0v) is 15.3. The summed E-state index contributed by atoms with van der Waals surface area (Å²) in [6.45, 7) is 3.57. The number of nitrogens with one attached hydrogen (secondary N) is 1. The van der Waals surface area contributed by atoms with Crippen molar-refractivity contribution in [2.45, 2.75) is 26.0 Å². The number of carbonyl (C=O) groups excluding carboxylic acids is 1. The number of ether oxygens (including phenoxy) is 1. The molecular weight excluding hydrogens is 362 g/mol. The number of fused-ring (bicyclic) bond motifs is 1. The third-order valence-corrected chi connectivity index (χ3v) is 3.95. The van der Waals surface area contributed by atoms with E-state index in [1.54, 1.807) is 56.3 Å². The average Bonchev–Trinajstić information content (AvgIpc) is 2.65. The van der Waals surface area contributed by atoms with Crippen LogP contribution in [0.2, 0.25) is 0 Å². The van der Waals surface area contributed by atoms with Gasteiger partial charge in [0.2, 0.25) is 6.10 Å². The van der Waals surface area contributed by atoms with Crippen molar-refractivity contribution in [2.24, 2.45) is 0 Å². The van der Waals surface area contributed by atoms with E-state index in [2.05, 4.69) is 5.32 Å². The van der Waals surface area contributed by atoms with Gasteiger partial charge in [0.15, 0.2) is 0 Å². The maximum Gasteiger partial charge on any atom is 0.349 e. The van der Waals surface area contributed by atoms with Crippen LogP contribution in [0.25, 0.3) is 11.0 Å². The summed E-state index contributed by atoms with van der Waals surface area (Å²) >= 11 is 0. The second kappa shape index (κ2) is 7.96. The molecule has 0 aliphatic rings. The minimum absolute atomic E-state index is 0.0948. The molecule has 144 valence electrons. The highest BCUT2D eigenvalue weighted by Gasteiger charge is 2.22. The molecule has 1 aromatic heterocycles. The summed E-state index contributed by atoms with van der Waals surface area (Å²) in [5, 5.41) is 12.6. The van der Waals surface area contributed by atoms with Crippen LogP contribution in [0.15, 0.2) is 63.8 Å². The fourth-order valence-electron chi connectivity index (χ4n) is 2.69.